The van der Waals surface area contributed by atoms with Crippen molar-refractivity contribution >= 4 is 49.3 Å². The van der Waals surface area contributed by atoms with E-state index in [0.29, 0.717) is 0 Å². The molecular formula is C3H11CaClO. The van der Waals surface area contributed by atoms with E-state index in [1.807, 2.05) is 6.92 Å². The van der Waals surface area contributed by atoms with Crippen LogP contribution < -0.4 is 0 Å². The Bertz CT molecular complexity index is 19.2. The molecule has 0 atom stereocenters. The first kappa shape index (κ1) is 15.6. The normalized spacial score (nSPS) is 5.00. The van der Waals surface area contributed by atoms with E-state index in [9.17, 15) is 0 Å². The van der Waals surface area contributed by atoms with Gasteiger partial charge in [0.1, 0.15) is 0 Å². The summed E-state index contributed by atoms with van der Waals surface area (Å²) < 4.78 is 0. The Kier molecular flexibility index (Phi) is 41.8. The van der Waals surface area contributed by atoms with Crippen molar-refractivity contribution in [2.75, 3.05) is 5.88 Å². The molecule has 0 fully saturated rings. The predicted octanol–water partition coefficient (Wildman–Crippen LogP) is 0.655. The monoisotopic (exact) mass is 138 g/mol. The van der Waals surface area contributed by atoms with Crippen molar-refractivity contribution in [2.45, 2.75) is 13.3 Å². The fourth-order valence-electron chi connectivity index (χ4n) is 0. The summed E-state index contributed by atoms with van der Waals surface area (Å²) in [7, 11) is 0. The fourth-order valence-corrected chi connectivity index (χ4v) is 0. The maximum absolute atomic E-state index is 5.19. The number of alkyl halides is 1. The molecule has 0 aromatic heterocycles. The third kappa shape index (κ3) is 17.8. The van der Waals surface area contributed by atoms with Gasteiger partial charge in [-0.3, -0.25) is 0 Å². The smallest absolute Gasteiger partial charge is 1.00 e. The molecule has 0 saturated heterocycles. The van der Waals surface area contributed by atoms with E-state index in [0.717, 1.165) is 12.3 Å². The van der Waals surface area contributed by atoms with Crippen molar-refractivity contribution in [3.05, 3.63) is 0 Å². The van der Waals surface area contributed by atoms with E-state index in [1.54, 1.807) is 0 Å². The van der Waals surface area contributed by atoms with Crippen LogP contribution in [0.4, 0.5) is 0 Å². The summed E-state index contributed by atoms with van der Waals surface area (Å²) in [5.41, 5.74) is 0. The van der Waals surface area contributed by atoms with E-state index in [1.165, 1.54) is 0 Å². The number of halogens is 1. The molecule has 6 heavy (non-hydrogen) atoms. The Morgan fingerprint density at radius 1 is 1.67 bits per heavy atom. The van der Waals surface area contributed by atoms with Gasteiger partial charge in [-0.2, -0.15) is 0 Å². The molecule has 0 heterocycles. The third-order valence-electron chi connectivity index (χ3n) is 0.189. The van der Waals surface area contributed by atoms with Crippen LogP contribution in [-0.2, 0) is 0 Å². The quantitative estimate of drug-likeness (QED) is 0.377. The zero-order valence-electron chi connectivity index (χ0n) is 6.00. The van der Waals surface area contributed by atoms with Crippen molar-refractivity contribution in [3.8, 4) is 0 Å². The van der Waals surface area contributed by atoms with Gasteiger partial charge in [0.2, 0.25) is 0 Å². The Labute approximate surface area is 76.3 Å². The Morgan fingerprint density at radius 2 is 1.83 bits per heavy atom. The summed E-state index contributed by atoms with van der Waals surface area (Å²) in [5.74, 6) is 0.792. The summed E-state index contributed by atoms with van der Waals surface area (Å²) >= 11 is 5.19. The van der Waals surface area contributed by atoms with Gasteiger partial charge in [0.15, 0.2) is 0 Å². The van der Waals surface area contributed by atoms with Gasteiger partial charge in [-0.25, -0.2) is 0 Å². The maximum Gasteiger partial charge on any atom is 2.00 e. The van der Waals surface area contributed by atoms with Gasteiger partial charge in [-0.05, 0) is 6.42 Å². The molecule has 0 saturated carbocycles. The summed E-state index contributed by atoms with van der Waals surface area (Å²) in [5, 5.41) is 0. The van der Waals surface area contributed by atoms with E-state index in [2.05, 4.69) is 0 Å². The maximum atomic E-state index is 5.19. The number of hydrogen-bond donors (Lipinski definition) is 0. The Balaban J connectivity index is -0.00000000750. The molecule has 2 N–H and O–H groups in total. The van der Waals surface area contributed by atoms with Crippen LogP contribution in [0.2, 0.25) is 0 Å². The van der Waals surface area contributed by atoms with Crippen LogP contribution in [0.5, 0.6) is 0 Å². The van der Waals surface area contributed by atoms with Crippen LogP contribution >= 0.6 is 11.6 Å². The molecule has 38 valence electrons. The van der Waals surface area contributed by atoms with Crippen molar-refractivity contribution in [2.24, 2.45) is 0 Å². The van der Waals surface area contributed by atoms with Crippen molar-refractivity contribution in [3.63, 3.8) is 0 Å². The summed E-state index contributed by atoms with van der Waals surface area (Å²) in [6.45, 7) is 2.05. The van der Waals surface area contributed by atoms with Crippen LogP contribution in [0, 0.1) is 0 Å². The topological polar surface area (TPSA) is 31.5 Å². The van der Waals surface area contributed by atoms with Gasteiger partial charge in [-0.15, -0.1) is 11.6 Å². The average Bonchev–Trinajstić information content (AvgIpc) is 1.37. The van der Waals surface area contributed by atoms with E-state index < -0.39 is 0 Å². The second kappa shape index (κ2) is 16.0. The van der Waals surface area contributed by atoms with Gasteiger partial charge < -0.3 is 8.33 Å². The van der Waals surface area contributed by atoms with Crippen LogP contribution in [0.15, 0.2) is 0 Å². The molecule has 0 aromatic rings. The average molecular weight is 139 g/mol. The minimum Gasteiger partial charge on any atom is -1.00 e. The second-order valence-corrected chi connectivity index (χ2v) is 1.07. The molecular weight excluding hydrogens is 128 g/mol. The van der Waals surface area contributed by atoms with Crippen LogP contribution in [0.3, 0.4) is 0 Å². The van der Waals surface area contributed by atoms with E-state index in [-0.39, 0.29) is 46.1 Å². The molecule has 0 aliphatic carbocycles. The molecule has 0 aliphatic rings. The zero-order valence-corrected chi connectivity index (χ0v) is 6.96. The first-order valence-electron chi connectivity index (χ1n) is 1.47. The van der Waals surface area contributed by atoms with E-state index >= 15 is 0 Å². The first-order valence-corrected chi connectivity index (χ1v) is 2.01. The van der Waals surface area contributed by atoms with Gasteiger partial charge in [0.25, 0.3) is 0 Å². The Morgan fingerprint density at radius 3 is 1.83 bits per heavy atom. The molecule has 3 heteroatoms. The molecule has 1 nitrogen and oxygen atoms in total. The number of rotatable bonds is 1. The van der Waals surface area contributed by atoms with Gasteiger partial charge >= 0.3 is 37.7 Å². The summed E-state index contributed by atoms with van der Waals surface area (Å²) in [6.07, 6.45) is 1.08. The molecule has 0 unspecified atom stereocenters. The predicted molar refractivity (Wildman–Crippen MR) is 32.6 cm³/mol. The summed E-state index contributed by atoms with van der Waals surface area (Å²) in [4.78, 5) is 0. The van der Waals surface area contributed by atoms with Crippen LogP contribution in [-0.4, -0.2) is 49.1 Å². The minimum absolute atomic E-state index is 0. The van der Waals surface area contributed by atoms with Gasteiger partial charge in [0.05, 0.1) is 0 Å². The standard InChI is InChI=1S/C3H7Cl.Ca.H2O.2H/c1-2-3-4;;;;/h2-3H2,1H3;;1H2;;/q;+2;;2*-1. The molecule has 0 bridgehead atoms. The van der Waals surface area contributed by atoms with Crippen molar-refractivity contribution < 1.29 is 8.33 Å². The third-order valence-corrected chi connectivity index (χ3v) is 0.567. The zero-order chi connectivity index (χ0) is 3.41. The van der Waals surface area contributed by atoms with E-state index in [4.69, 9.17) is 11.6 Å². The molecule has 0 aliphatic heterocycles. The van der Waals surface area contributed by atoms with Crippen molar-refractivity contribution in [1.82, 2.24) is 0 Å². The van der Waals surface area contributed by atoms with Crippen molar-refractivity contribution in [1.29, 1.82) is 0 Å². The minimum atomic E-state index is 0. The molecule has 0 spiro atoms. The molecule has 0 aromatic carbocycles. The number of hydrogen-bond acceptors (Lipinski definition) is 0. The van der Waals surface area contributed by atoms with Crippen LogP contribution in [0.1, 0.15) is 16.2 Å². The van der Waals surface area contributed by atoms with Crippen LogP contribution in [0.25, 0.3) is 0 Å². The molecule has 0 amide bonds. The fraction of sp³-hybridized carbons (Fsp3) is 1.00. The Hall–Kier alpha value is 1.51. The van der Waals surface area contributed by atoms with Gasteiger partial charge in [0, 0.05) is 5.88 Å². The SMILES string of the molecule is CCCCl.O.[Ca+2].[H-].[H-]. The molecule has 0 rings (SSSR count). The first-order chi connectivity index (χ1) is 1.91. The molecule has 0 radical (unpaired) electrons. The largest absolute Gasteiger partial charge is 2.00 e. The summed E-state index contributed by atoms with van der Waals surface area (Å²) in [6, 6.07) is 0. The van der Waals surface area contributed by atoms with Gasteiger partial charge in [-0.1, -0.05) is 6.92 Å². The second-order valence-electron chi connectivity index (χ2n) is 0.689.